The molecule has 0 bridgehead atoms. The second-order valence-electron chi connectivity index (χ2n) is 6.11. The molecule has 3 aromatic rings. The highest BCUT2D eigenvalue weighted by molar-refractivity contribution is 5.86. The van der Waals surface area contributed by atoms with Crippen molar-refractivity contribution in [1.29, 1.82) is 0 Å². The molecule has 0 fully saturated rings. The molecule has 1 aromatic carbocycles. The van der Waals surface area contributed by atoms with Crippen molar-refractivity contribution in [1.82, 2.24) is 30.0 Å². The van der Waals surface area contributed by atoms with Gasteiger partial charge in [-0.1, -0.05) is 12.1 Å². The molecule has 0 aliphatic heterocycles. The molecular formula is C18H23FN8. The van der Waals surface area contributed by atoms with Crippen molar-refractivity contribution >= 4 is 22.8 Å². The van der Waals surface area contributed by atoms with Gasteiger partial charge in [-0.2, -0.15) is 5.10 Å². The standard InChI is InChI=1S/C18H23FN8/c1-20-18(26(2)11-13-5-4-6-14(19)9-13)22-8-7-21-16-15-10-25-27(3)17(15)24-12-23-16/h4-6,9-10,12H,7-8,11H2,1-3H3,(H,20,22)(H,21,23,24). The second kappa shape index (κ2) is 8.43. The van der Waals surface area contributed by atoms with Gasteiger partial charge >= 0.3 is 0 Å². The van der Waals surface area contributed by atoms with E-state index in [2.05, 4.69) is 30.7 Å². The van der Waals surface area contributed by atoms with E-state index in [0.29, 0.717) is 19.6 Å². The molecule has 0 saturated carbocycles. The Kier molecular flexibility index (Phi) is 5.80. The molecule has 0 amide bonds. The molecule has 9 heteroatoms. The summed E-state index contributed by atoms with van der Waals surface area (Å²) < 4.78 is 15.0. The number of rotatable bonds is 6. The predicted octanol–water partition coefficient (Wildman–Crippen LogP) is 1.62. The number of benzene rings is 1. The van der Waals surface area contributed by atoms with E-state index in [9.17, 15) is 4.39 Å². The summed E-state index contributed by atoms with van der Waals surface area (Å²) in [5.74, 6) is 1.24. The van der Waals surface area contributed by atoms with Crippen molar-refractivity contribution in [2.45, 2.75) is 6.54 Å². The average Bonchev–Trinajstić information content (AvgIpc) is 3.03. The predicted molar refractivity (Wildman–Crippen MR) is 104 cm³/mol. The van der Waals surface area contributed by atoms with Gasteiger partial charge in [0.1, 0.15) is 18.0 Å². The van der Waals surface area contributed by atoms with Gasteiger partial charge in [0.2, 0.25) is 0 Å². The first-order chi connectivity index (χ1) is 13.1. The lowest BCUT2D eigenvalue weighted by atomic mass is 10.2. The Bertz CT molecular complexity index is 936. The summed E-state index contributed by atoms with van der Waals surface area (Å²) in [6.45, 7) is 1.85. The van der Waals surface area contributed by atoms with Crippen molar-refractivity contribution in [2.75, 3.05) is 32.5 Å². The third-order valence-corrected chi connectivity index (χ3v) is 4.11. The molecule has 142 valence electrons. The van der Waals surface area contributed by atoms with Crippen LogP contribution in [-0.2, 0) is 13.6 Å². The van der Waals surface area contributed by atoms with E-state index in [4.69, 9.17) is 0 Å². The van der Waals surface area contributed by atoms with Gasteiger partial charge in [-0.3, -0.25) is 9.67 Å². The smallest absolute Gasteiger partial charge is 0.193 e. The number of nitrogens with zero attached hydrogens (tertiary/aromatic N) is 6. The molecule has 27 heavy (non-hydrogen) atoms. The van der Waals surface area contributed by atoms with Gasteiger partial charge in [0.25, 0.3) is 0 Å². The number of nitrogens with one attached hydrogen (secondary N) is 2. The number of aliphatic imine (C=N–C) groups is 1. The van der Waals surface area contributed by atoms with Gasteiger partial charge in [0, 0.05) is 40.8 Å². The Morgan fingerprint density at radius 3 is 2.93 bits per heavy atom. The van der Waals surface area contributed by atoms with Crippen molar-refractivity contribution in [2.24, 2.45) is 12.0 Å². The highest BCUT2D eigenvalue weighted by atomic mass is 19.1. The number of guanidine groups is 1. The van der Waals surface area contributed by atoms with Gasteiger partial charge in [-0.15, -0.1) is 0 Å². The molecule has 2 heterocycles. The van der Waals surface area contributed by atoms with Gasteiger partial charge in [-0.25, -0.2) is 14.4 Å². The minimum Gasteiger partial charge on any atom is -0.368 e. The summed E-state index contributed by atoms with van der Waals surface area (Å²) in [6.07, 6.45) is 3.27. The zero-order chi connectivity index (χ0) is 19.2. The van der Waals surface area contributed by atoms with Crippen LogP contribution in [0.2, 0.25) is 0 Å². The van der Waals surface area contributed by atoms with Crippen LogP contribution in [0.25, 0.3) is 11.0 Å². The Balaban J connectivity index is 1.52. The lowest BCUT2D eigenvalue weighted by Crippen LogP contribution is -2.40. The van der Waals surface area contributed by atoms with Crippen LogP contribution in [0.3, 0.4) is 0 Å². The molecule has 8 nitrogen and oxygen atoms in total. The van der Waals surface area contributed by atoms with Gasteiger partial charge in [-0.05, 0) is 17.7 Å². The van der Waals surface area contributed by atoms with Crippen molar-refractivity contribution < 1.29 is 4.39 Å². The molecule has 0 unspecified atom stereocenters. The summed E-state index contributed by atoms with van der Waals surface area (Å²) in [5.41, 5.74) is 1.67. The fraction of sp³-hybridized carbons (Fsp3) is 0.333. The van der Waals surface area contributed by atoms with E-state index >= 15 is 0 Å². The minimum atomic E-state index is -0.236. The maximum Gasteiger partial charge on any atom is 0.193 e. The van der Waals surface area contributed by atoms with Crippen molar-refractivity contribution in [3.63, 3.8) is 0 Å². The van der Waals surface area contributed by atoms with Gasteiger partial charge in [0.15, 0.2) is 11.6 Å². The molecule has 0 aliphatic carbocycles. The van der Waals surface area contributed by atoms with Crippen molar-refractivity contribution in [3.8, 4) is 0 Å². The number of anilines is 1. The summed E-state index contributed by atoms with van der Waals surface area (Å²) in [5, 5.41) is 11.7. The maximum absolute atomic E-state index is 13.3. The minimum absolute atomic E-state index is 0.236. The van der Waals surface area contributed by atoms with Crippen LogP contribution in [0, 0.1) is 5.82 Å². The van der Waals surface area contributed by atoms with E-state index in [1.165, 1.54) is 18.5 Å². The third kappa shape index (κ3) is 4.49. The first kappa shape index (κ1) is 18.6. The SMILES string of the molecule is CN=C(NCCNc1ncnc2c1cnn2C)N(C)Cc1cccc(F)c1. The Morgan fingerprint density at radius 1 is 1.30 bits per heavy atom. The molecule has 0 aliphatic rings. The molecule has 0 atom stereocenters. The van der Waals surface area contributed by atoms with Gasteiger partial charge < -0.3 is 15.5 Å². The monoisotopic (exact) mass is 370 g/mol. The second-order valence-corrected chi connectivity index (χ2v) is 6.11. The van der Waals surface area contributed by atoms with Crippen molar-refractivity contribution in [3.05, 3.63) is 48.2 Å². The molecule has 2 aromatic heterocycles. The highest BCUT2D eigenvalue weighted by Crippen LogP contribution is 2.17. The molecule has 0 radical (unpaired) electrons. The number of fused-ring (bicyclic) bond motifs is 1. The topological polar surface area (TPSA) is 83.3 Å². The number of hydrogen-bond donors (Lipinski definition) is 2. The van der Waals surface area contributed by atoms with E-state index in [-0.39, 0.29) is 5.82 Å². The molecule has 3 rings (SSSR count). The Hall–Kier alpha value is -3.23. The quantitative estimate of drug-likeness (QED) is 0.390. The average molecular weight is 370 g/mol. The number of aryl methyl sites for hydroxylation is 1. The molecule has 0 saturated heterocycles. The highest BCUT2D eigenvalue weighted by Gasteiger charge is 2.09. The van der Waals surface area contributed by atoms with E-state index in [1.54, 1.807) is 24.0 Å². The lowest BCUT2D eigenvalue weighted by molar-refractivity contribution is 0.476. The summed E-state index contributed by atoms with van der Waals surface area (Å²) >= 11 is 0. The first-order valence-corrected chi connectivity index (χ1v) is 8.61. The number of aromatic nitrogens is 4. The Labute approximate surface area is 157 Å². The fourth-order valence-electron chi connectivity index (χ4n) is 2.83. The maximum atomic E-state index is 13.3. The van der Waals surface area contributed by atoms with Crippen LogP contribution in [0.4, 0.5) is 10.2 Å². The van der Waals surface area contributed by atoms with Crippen LogP contribution in [0.15, 0.2) is 41.8 Å². The normalized spacial score (nSPS) is 11.6. The molecular weight excluding hydrogens is 347 g/mol. The zero-order valence-electron chi connectivity index (χ0n) is 15.6. The summed E-state index contributed by atoms with van der Waals surface area (Å²) in [4.78, 5) is 14.7. The number of halogens is 1. The summed E-state index contributed by atoms with van der Waals surface area (Å²) in [7, 11) is 5.48. The van der Waals surface area contributed by atoms with Gasteiger partial charge in [0.05, 0.1) is 11.6 Å². The van der Waals surface area contributed by atoms with Crippen LogP contribution in [0.5, 0.6) is 0 Å². The van der Waals surface area contributed by atoms with Crippen LogP contribution < -0.4 is 10.6 Å². The zero-order valence-corrected chi connectivity index (χ0v) is 15.6. The fourth-order valence-corrected chi connectivity index (χ4v) is 2.83. The number of hydrogen-bond acceptors (Lipinski definition) is 5. The van der Waals surface area contributed by atoms with Crippen LogP contribution >= 0.6 is 0 Å². The lowest BCUT2D eigenvalue weighted by Gasteiger charge is -2.22. The van der Waals surface area contributed by atoms with E-state index < -0.39 is 0 Å². The van der Waals surface area contributed by atoms with Crippen LogP contribution in [-0.4, -0.2) is 57.8 Å². The van der Waals surface area contributed by atoms with Crippen LogP contribution in [0.1, 0.15) is 5.56 Å². The molecule has 0 spiro atoms. The molecule has 2 N–H and O–H groups in total. The third-order valence-electron chi connectivity index (χ3n) is 4.11. The largest absolute Gasteiger partial charge is 0.368 e. The Morgan fingerprint density at radius 2 is 2.15 bits per heavy atom. The first-order valence-electron chi connectivity index (χ1n) is 8.61. The van der Waals surface area contributed by atoms with E-state index in [0.717, 1.165) is 28.4 Å². The summed E-state index contributed by atoms with van der Waals surface area (Å²) in [6, 6.07) is 6.57. The van der Waals surface area contributed by atoms with E-state index in [1.807, 2.05) is 25.1 Å².